The van der Waals surface area contributed by atoms with Crippen molar-refractivity contribution in [3.8, 4) is 40.1 Å². The van der Waals surface area contributed by atoms with E-state index in [0.29, 0.717) is 10.8 Å². The summed E-state index contributed by atoms with van der Waals surface area (Å²) in [6.45, 7) is 20.8. The van der Waals surface area contributed by atoms with Crippen molar-refractivity contribution in [1.82, 2.24) is 7.94 Å². The van der Waals surface area contributed by atoms with Gasteiger partial charge in [0.2, 0.25) is 22.4 Å². The first-order valence-corrected chi connectivity index (χ1v) is 22.4. The number of hydrogen-bond acceptors (Lipinski definition) is 3. The van der Waals surface area contributed by atoms with Crippen LogP contribution in [0.15, 0.2) is 109 Å². The van der Waals surface area contributed by atoms with Gasteiger partial charge in [-0.15, -0.1) is 0 Å². The predicted octanol–water partition coefficient (Wildman–Crippen LogP) is 10.7. The maximum atomic E-state index is 18.4. The van der Waals surface area contributed by atoms with E-state index in [1.54, 1.807) is 36.4 Å². The third-order valence-corrected chi connectivity index (χ3v) is 15.1. The fraction of sp³-hybridized carbons (Fsp3) is 0.167. The maximum Gasteiger partial charge on any atom is 0.388 e. The van der Waals surface area contributed by atoms with Crippen LogP contribution in [0.4, 0.5) is 15.5 Å². The van der Waals surface area contributed by atoms with Gasteiger partial charge in [-0.25, -0.2) is 8.82 Å². The molecule has 10 rings (SSSR count). The number of pyridine rings is 2. The van der Waals surface area contributed by atoms with E-state index in [-0.39, 0.29) is 100 Å². The van der Waals surface area contributed by atoms with Crippen LogP contribution in [0.3, 0.4) is 0 Å². The second-order valence-corrected chi connectivity index (χ2v) is 20.8. The van der Waals surface area contributed by atoms with Crippen LogP contribution in [0.5, 0.6) is 11.5 Å². The molecule has 6 heterocycles. The molecule has 14 heteroatoms. The predicted molar refractivity (Wildman–Crippen MR) is 238 cm³/mol. The molecule has 4 aromatic heterocycles. The number of rotatable bonds is 2. The lowest BCUT2D eigenvalue weighted by molar-refractivity contribution is -0.491. The molecule has 8 aromatic rings. The van der Waals surface area contributed by atoms with Crippen LogP contribution in [-0.2, 0) is 10.8 Å². The van der Waals surface area contributed by atoms with Gasteiger partial charge in [0.15, 0.2) is 5.57 Å². The fourth-order valence-electron chi connectivity index (χ4n) is 8.84. The molecule has 0 saturated carbocycles. The average molecular weight is 871 g/mol. The first kappa shape index (κ1) is 39.4. The SMILES string of the molecule is [C-]#[N+]C1=c2c3c(-c4ccc(O)cc4)n4c(c3c(-c3ccc(O)cc3)n2S(F)(F)[n+]2c1ccc1cc(C(C)(C)C)ccc12)=C(C#N)c1ccc2cc(C(C)(C)C)ccc2[n+]1S4(F)F. The van der Waals surface area contributed by atoms with Crippen molar-refractivity contribution < 1.29 is 33.7 Å². The molecule has 0 bridgehead atoms. The summed E-state index contributed by atoms with van der Waals surface area (Å²) in [6.07, 6.45) is 0. The largest absolute Gasteiger partial charge is 0.508 e. The Morgan fingerprint density at radius 3 is 1.45 bits per heavy atom. The lowest BCUT2D eigenvalue weighted by Gasteiger charge is -2.28. The molecule has 2 N–H and O–H groups in total. The molecular weight excluding hydrogens is 833 g/mol. The third kappa shape index (κ3) is 5.33. The fourth-order valence-corrected chi connectivity index (χ4v) is 12.4. The molecule has 0 aliphatic carbocycles. The Bertz CT molecular complexity index is 3300. The van der Waals surface area contributed by atoms with Gasteiger partial charge in [-0.3, -0.25) is 0 Å². The number of halogens is 4. The van der Waals surface area contributed by atoms with E-state index in [0.717, 1.165) is 27.0 Å². The molecule has 0 radical (unpaired) electrons. The highest BCUT2D eigenvalue weighted by atomic mass is 32.3. The van der Waals surface area contributed by atoms with E-state index < -0.39 is 22.3 Å². The van der Waals surface area contributed by atoms with E-state index >= 15 is 15.5 Å². The summed E-state index contributed by atoms with van der Waals surface area (Å²) >= 11 is -10.5. The number of benzene rings is 4. The number of phenolic OH excluding ortho intramolecular Hbond substituents is 2. The molecule has 0 amide bonds. The van der Waals surface area contributed by atoms with Crippen LogP contribution in [0.1, 0.15) is 64.1 Å². The van der Waals surface area contributed by atoms with Crippen molar-refractivity contribution in [3.63, 3.8) is 0 Å². The summed E-state index contributed by atoms with van der Waals surface area (Å²) in [5.74, 6) is -0.307. The van der Waals surface area contributed by atoms with Crippen molar-refractivity contribution in [1.29, 1.82) is 5.26 Å². The van der Waals surface area contributed by atoms with Gasteiger partial charge in [-0.05, 0) is 94.8 Å². The van der Waals surface area contributed by atoms with Crippen LogP contribution < -0.4 is 18.6 Å². The number of nitriles is 1. The topological polar surface area (TPSA) is 86.2 Å². The van der Waals surface area contributed by atoms with Gasteiger partial charge in [-0.1, -0.05) is 77.2 Å². The van der Waals surface area contributed by atoms with Gasteiger partial charge < -0.3 is 10.2 Å². The number of aromatic nitrogens is 4. The Kier molecular flexibility index (Phi) is 8.19. The smallest absolute Gasteiger partial charge is 0.388 e. The standard InChI is InChI=1S/C48H36F4N6O2S2/c1-47(2,3)31-14-22-36-29(24-31)12-20-38-35(26-53)45-40-41(44(28-10-18-34(60)19-11-28)57(45)61(49,50)55(36)38)46-42(54-7)39-21-13-30-25-32(48(4,5)6)15-23-37(30)56(39)62(51,52)58(46)43(40)27-8-16-33(59)17-9-27/h8-25H,1-6H3/p+2. The van der Waals surface area contributed by atoms with Crippen molar-refractivity contribution in [3.05, 3.63) is 154 Å². The minimum absolute atomic E-state index is 0.0750. The van der Waals surface area contributed by atoms with Crippen molar-refractivity contribution >= 4 is 66.2 Å². The molecule has 2 aliphatic heterocycles. The van der Waals surface area contributed by atoms with Crippen LogP contribution in [0.2, 0.25) is 0 Å². The molecule has 310 valence electrons. The molecule has 0 unspecified atom stereocenters. The molecule has 4 aromatic carbocycles. The highest BCUT2D eigenvalue weighted by molar-refractivity contribution is 8.18. The molecule has 62 heavy (non-hydrogen) atoms. The monoisotopic (exact) mass is 870 g/mol. The molecule has 0 spiro atoms. The van der Waals surface area contributed by atoms with Crippen LogP contribution >= 0.6 is 22.3 Å². The van der Waals surface area contributed by atoms with E-state index in [2.05, 4.69) is 10.9 Å². The van der Waals surface area contributed by atoms with Gasteiger partial charge in [-0.2, -0.15) is 9.23 Å². The molecular formula is C48H38F4N6O2S2+2. The highest BCUT2D eigenvalue weighted by Gasteiger charge is 2.54. The zero-order valence-corrected chi connectivity index (χ0v) is 35.9. The summed E-state index contributed by atoms with van der Waals surface area (Å²) < 4.78 is 76.9. The second-order valence-electron chi connectivity index (χ2n) is 17.7. The molecule has 0 fully saturated rings. The van der Waals surface area contributed by atoms with Crippen LogP contribution in [-0.4, -0.2) is 18.2 Å². The zero-order chi connectivity index (χ0) is 44.0. The normalized spacial score (nSPS) is 16.3. The Morgan fingerprint density at radius 1 is 0.597 bits per heavy atom. The summed E-state index contributed by atoms with van der Waals surface area (Å²) in [4.78, 5) is 3.93. The summed E-state index contributed by atoms with van der Waals surface area (Å²) in [5, 5.41) is 32.3. The van der Waals surface area contributed by atoms with Gasteiger partial charge in [0.25, 0.3) is 5.70 Å². The number of nitrogens with zero attached hydrogens (tertiary/aromatic N) is 6. The van der Waals surface area contributed by atoms with Crippen LogP contribution in [0.25, 0.3) is 71.2 Å². The van der Waals surface area contributed by atoms with Crippen molar-refractivity contribution in [2.24, 2.45) is 0 Å². The average Bonchev–Trinajstić information content (AvgIpc) is 3.75. The first-order chi connectivity index (χ1) is 29.3. The maximum absolute atomic E-state index is 18.4. The lowest BCUT2D eigenvalue weighted by atomic mass is 9.86. The Hall–Kier alpha value is -6.74. The van der Waals surface area contributed by atoms with Crippen LogP contribution in [0, 0.1) is 17.9 Å². The van der Waals surface area contributed by atoms with Gasteiger partial charge in [0, 0.05) is 56.9 Å². The quantitative estimate of drug-likeness (QED) is 0.103. The van der Waals surface area contributed by atoms with Gasteiger partial charge >= 0.3 is 22.3 Å². The molecule has 2 aliphatic rings. The lowest BCUT2D eigenvalue weighted by Crippen LogP contribution is -2.50. The minimum Gasteiger partial charge on any atom is -0.508 e. The second kappa shape index (κ2) is 12.9. The van der Waals surface area contributed by atoms with E-state index in [1.165, 1.54) is 60.7 Å². The number of fused-ring (bicyclic) bond motifs is 11. The van der Waals surface area contributed by atoms with E-state index in [1.807, 2.05) is 53.7 Å². The molecule has 8 nitrogen and oxygen atoms in total. The third-order valence-electron chi connectivity index (χ3n) is 11.9. The number of phenols is 2. The Morgan fingerprint density at radius 2 is 1.02 bits per heavy atom. The van der Waals surface area contributed by atoms with Gasteiger partial charge in [0.1, 0.15) is 17.6 Å². The van der Waals surface area contributed by atoms with Crippen molar-refractivity contribution in [2.75, 3.05) is 0 Å². The van der Waals surface area contributed by atoms with E-state index in [9.17, 15) is 15.5 Å². The summed E-state index contributed by atoms with van der Waals surface area (Å²) in [6, 6.07) is 30.1. The minimum atomic E-state index is -5.25. The summed E-state index contributed by atoms with van der Waals surface area (Å²) in [7, 11) is 0. The first-order valence-electron chi connectivity index (χ1n) is 19.7. The molecule has 0 atom stereocenters. The van der Waals surface area contributed by atoms with Gasteiger partial charge in [0.05, 0.1) is 28.7 Å². The number of hydrogen-bond donors (Lipinski definition) is 2. The zero-order valence-electron chi connectivity index (χ0n) is 34.3. The highest BCUT2D eigenvalue weighted by Crippen LogP contribution is 2.58. The van der Waals surface area contributed by atoms with Crippen molar-refractivity contribution in [2.45, 2.75) is 52.4 Å². The Balaban J connectivity index is 1.47. The number of aromatic hydroxyl groups is 2. The van der Waals surface area contributed by atoms with E-state index in [4.69, 9.17) is 6.57 Å². The summed E-state index contributed by atoms with van der Waals surface area (Å²) in [5.41, 5.74) is 0.914. The Labute approximate surface area is 357 Å². The molecule has 0 saturated heterocycles.